The zero-order valence-electron chi connectivity index (χ0n) is 14.8. The van der Waals surface area contributed by atoms with Crippen molar-refractivity contribution in [1.29, 1.82) is 0 Å². The van der Waals surface area contributed by atoms with Crippen molar-refractivity contribution >= 4 is 27.3 Å². The number of rotatable bonds is 7. The summed E-state index contributed by atoms with van der Waals surface area (Å²) in [6.45, 7) is 1.86. The van der Waals surface area contributed by atoms with E-state index in [0.29, 0.717) is 18.5 Å². The normalized spacial score (nSPS) is 15.1. The number of nitrogens with zero attached hydrogens (tertiary/aromatic N) is 1. The van der Waals surface area contributed by atoms with E-state index in [2.05, 4.69) is 5.32 Å². The van der Waals surface area contributed by atoms with E-state index in [4.69, 9.17) is 0 Å². The lowest BCUT2D eigenvalue weighted by molar-refractivity contribution is -0.132. The fraction of sp³-hybridized carbons (Fsp3) is 0.556. The van der Waals surface area contributed by atoms with Gasteiger partial charge >= 0.3 is 0 Å². The summed E-state index contributed by atoms with van der Waals surface area (Å²) in [5.74, 6) is -0.778. The van der Waals surface area contributed by atoms with Crippen molar-refractivity contribution in [3.8, 4) is 0 Å². The molecule has 1 aromatic rings. The lowest BCUT2D eigenvalue weighted by Gasteiger charge is -2.18. The van der Waals surface area contributed by atoms with Gasteiger partial charge in [-0.2, -0.15) is 0 Å². The van der Waals surface area contributed by atoms with E-state index < -0.39 is 9.84 Å². The van der Waals surface area contributed by atoms with E-state index in [-0.39, 0.29) is 35.8 Å². The van der Waals surface area contributed by atoms with Crippen LogP contribution in [0.3, 0.4) is 0 Å². The van der Waals surface area contributed by atoms with Crippen LogP contribution in [-0.2, 0) is 19.4 Å². The Kier molecular flexibility index (Phi) is 6.58. The van der Waals surface area contributed by atoms with Gasteiger partial charge in [-0.25, -0.2) is 8.42 Å². The van der Waals surface area contributed by atoms with Gasteiger partial charge in [0.05, 0.1) is 17.5 Å². The van der Waals surface area contributed by atoms with Crippen LogP contribution in [0.1, 0.15) is 37.7 Å². The molecule has 0 aromatic heterocycles. The first kappa shape index (κ1) is 19.4. The smallest absolute Gasteiger partial charge is 0.243 e. The summed E-state index contributed by atoms with van der Waals surface area (Å²) in [5, 5.41) is 2.43. The quantitative estimate of drug-likeness (QED) is 0.801. The molecule has 1 saturated carbocycles. The molecule has 25 heavy (non-hydrogen) atoms. The molecule has 0 radical (unpaired) electrons. The second-order valence-electron chi connectivity index (χ2n) is 6.69. The minimum absolute atomic E-state index is 0.0762. The second kappa shape index (κ2) is 8.47. The van der Waals surface area contributed by atoms with Crippen LogP contribution in [0.5, 0.6) is 0 Å². The molecule has 2 amide bonds. The van der Waals surface area contributed by atoms with E-state index >= 15 is 0 Å². The summed E-state index contributed by atoms with van der Waals surface area (Å²) in [6.07, 6.45) is 3.21. The van der Waals surface area contributed by atoms with Gasteiger partial charge in [-0.3, -0.25) is 9.59 Å². The molecule has 0 bridgehead atoms. The largest absolute Gasteiger partial charge is 0.336 e. The standard InChI is InChI=1S/C18H26N2O4S/c1-14-7-9-15(10-8-14)19-17(21)13-20(2)18(22)11-12-25(23,24)16-5-3-4-6-16/h7-10,16H,3-6,11-13H2,1-2H3,(H,19,21). The summed E-state index contributed by atoms with van der Waals surface area (Å²) >= 11 is 0. The number of aryl methyl sites for hydroxylation is 1. The molecule has 1 aliphatic carbocycles. The van der Waals surface area contributed by atoms with Crippen molar-refractivity contribution in [3.63, 3.8) is 0 Å². The number of likely N-dealkylation sites (N-methyl/N-ethyl adjacent to an activating group) is 1. The Morgan fingerprint density at radius 3 is 2.36 bits per heavy atom. The molecule has 2 rings (SSSR count). The summed E-state index contributed by atoms with van der Waals surface area (Å²) in [6, 6.07) is 7.36. The zero-order valence-corrected chi connectivity index (χ0v) is 15.6. The van der Waals surface area contributed by atoms with Crippen molar-refractivity contribution in [1.82, 2.24) is 4.90 Å². The van der Waals surface area contributed by atoms with Crippen molar-refractivity contribution in [2.45, 2.75) is 44.3 Å². The van der Waals surface area contributed by atoms with Crippen molar-refractivity contribution < 1.29 is 18.0 Å². The molecule has 1 aromatic carbocycles. The van der Waals surface area contributed by atoms with Crippen molar-refractivity contribution in [3.05, 3.63) is 29.8 Å². The Hall–Kier alpha value is -1.89. The van der Waals surface area contributed by atoms with E-state index in [1.165, 1.54) is 11.9 Å². The van der Waals surface area contributed by atoms with E-state index in [9.17, 15) is 18.0 Å². The Balaban J connectivity index is 1.79. The molecule has 0 atom stereocenters. The van der Waals surface area contributed by atoms with Gasteiger partial charge in [-0.05, 0) is 31.9 Å². The van der Waals surface area contributed by atoms with Crippen LogP contribution < -0.4 is 5.32 Å². The van der Waals surface area contributed by atoms with Crippen LogP contribution in [0.15, 0.2) is 24.3 Å². The Morgan fingerprint density at radius 2 is 1.76 bits per heavy atom. The molecule has 0 aliphatic heterocycles. The Bertz CT molecular complexity index is 707. The highest BCUT2D eigenvalue weighted by atomic mass is 32.2. The van der Waals surface area contributed by atoms with Crippen LogP contribution in [0.4, 0.5) is 5.69 Å². The van der Waals surface area contributed by atoms with Gasteiger partial charge in [0.1, 0.15) is 0 Å². The first-order valence-corrected chi connectivity index (χ1v) is 10.3. The predicted molar refractivity (Wildman–Crippen MR) is 98.1 cm³/mol. The van der Waals surface area contributed by atoms with Gasteiger partial charge in [-0.1, -0.05) is 30.5 Å². The van der Waals surface area contributed by atoms with Crippen LogP contribution in [-0.4, -0.2) is 49.7 Å². The number of benzene rings is 1. The van der Waals surface area contributed by atoms with Crippen LogP contribution in [0.25, 0.3) is 0 Å². The van der Waals surface area contributed by atoms with Gasteiger partial charge in [0.15, 0.2) is 9.84 Å². The third kappa shape index (κ3) is 5.85. The number of anilines is 1. The number of amides is 2. The van der Waals surface area contributed by atoms with Crippen molar-refractivity contribution in [2.24, 2.45) is 0 Å². The molecule has 7 heteroatoms. The topological polar surface area (TPSA) is 83.6 Å². The van der Waals surface area contributed by atoms with Gasteiger partial charge in [0.25, 0.3) is 0 Å². The van der Waals surface area contributed by atoms with Gasteiger partial charge < -0.3 is 10.2 Å². The number of hydrogen-bond acceptors (Lipinski definition) is 4. The van der Waals surface area contributed by atoms with Crippen LogP contribution in [0, 0.1) is 6.92 Å². The van der Waals surface area contributed by atoms with Crippen LogP contribution >= 0.6 is 0 Å². The summed E-state index contributed by atoms with van der Waals surface area (Å²) in [7, 11) is -1.70. The van der Waals surface area contributed by atoms with E-state index in [1.54, 1.807) is 12.1 Å². The number of carbonyl (C=O) groups is 2. The minimum atomic E-state index is -3.22. The lowest BCUT2D eigenvalue weighted by Crippen LogP contribution is -2.36. The molecule has 6 nitrogen and oxygen atoms in total. The number of carbonyl (C=O) groups excluding carboxylic acids is 2. The molecule has 0 heterocycles. The lowest BCUT2D eigenvalue weighted by atomic mass is 10.2. The molecule has 1 fully saturated rings. The average Bonchev–Trinajstić information content (AvgIpc) is 3.10. The van der Waals surface area contributed by atoms with E-state index in [1.807, 2.05) is 19.1 Å². The maximum Gasteiger partial charge on any atom is 0.243 e. The third-order valence-electron chi connectivity index (χ3n) is 4.55. The molecule has 1 N–H and O–H groups in total. The molecular weight excluding hydrogens is 340 g/mol. The van der Waals surface area contributed by atoms with Gasteiger partial charge in [0, 0.05) is 19.2 Å². The van der Waals surface area contributed by atoms with Crippen molar-refractivity contribution in [2.75, 3.05) is 24.7 Å². The molecule has 0 spiro atoms. The van der Waals surface area contributed by atoms with Gasteiger partial charge in [0.2, 0.25) is 11.8 Å². The number of sulfone groups is 1. The van der Waals surface area contributed by atoms with E-state index in [0.717, 1.165) is 18.4 Å². The minimum Gasteiger partial charge on any atom is -0.336 e. The number of hydrogen-bond donors (Lipinski definition) is 1. The highest BCUT2D eigenvalue weighted by molar-refractivity contribution is 7.92. The molecule has 0 saturated heterocycles. The predicted octanol–water partition coefficient (Wildman–Crippen LogP) is 2.14. The molecule has 1 aliphatic rings. The first-order valence-electron chi connectivity index (χ1n) is 8.60. The highest BCUT2D eigenvalue weighted by Crippen LogP contribution is 2.25. The number of nitrogens with one attached hydrogen (secondary N) is 1. The monoisotopic (exact) mass is 366 g/mol. The summed E-state index contributed by atoms with van der Waals surface area (Å²) in [5.41, 5.74) is 1.76. The Morgan fingerprint density at radius 1 is 1.16 bits per heavy atom. The third-order valence-corrected chi connectivity index (χ3v) is 6.81. The fourth-order valence-corrected chi connectivity index (χ4v) is 4.82. The molecule has 138 valence electrons. The average molecular weight is 366 g/mol. The Labute approximate surface area is 149 Å². The SMILES string of the molecule is Cc1ccc(NC(=O)CN(C)C(=O)CCS(=O)(=O)C2CCCC2)cc1. The van der Waals surface area contributed by atoms with Gasteiger partial charge in [-0.15, -0.1) is 0 Å². The fourth-order valence-electron chi connectivity index (χ4n) is 2.98. The highest BCUT2D eigenvalue weighted by Gasteiger charge is 2.29. The summed E-state index contributed by atoms with van der Waals surface area (Å²) < 4.78 is 24.4. The second-order valence-corrected chi connectivity index (χ2v) is 9.09. The van der Waals surface area contributed by atoms with Crippen LogP contribution in [0.2, 0.25) is 0 Å². The molecule has 0 unspecified atom stereocenters. The molecular formula is C18H26N2O4S. The summed E-state index contributed by atoms with van der Waals surface area (Å²) in [4.78, 5) is 25.4. The maximum absolute atomic E-state index is 12.2. The first-order chi connectivity index (χ1) is 11.8. The maximum atomic E-state index is 12.2. The zero-order chi connectivity index (χ0) is 18.4.